The van der Waals surface area contributed by atoms with Gasteiger partial charge in [0.05, 0.1) is 16.4 Å². The molecule has 2 aromatic carbocycles. The maximum absolute atomic E-state index is 6.29. The number of nitrogens with two attached hydrogens (primary N) is 1. The first-order valence-electron chi connectivity index (χ1n) is 8.88. The molecule has 0 aliphatic carbocycles. The van der Waals surface area contributed by atoms with Crippen LogP contribution in [0.1, 0.15) is 5.82 Å². The van der Waals surface area contributed by atoms with Gasteiger partial charge in [-0.2, -0.15) is 0 Å². The van der Waals surface area contributed by atoms with E-state index in [2.05, 4.69) is 20.4 Å². The Morgan fingerprint density at radius 2 is 1.68 bits per heavy atom. The average Bonchev–Trinajstić information content (AvgIpc) is 3.32. The van der Waals surface area contributed by atoms with E-state index in [1.807, 2.05) is 60.8 Å². The Labute approximate surface area is 158 Å². The van der Waals surface area contributed by atoms with Crippen molar-refractivity contribution in [2.75, 3.05) is 5.73 Å². The molecule has 0 radical (unpaired) electrons. The highest BCUT2D eigenvalue weighted by Gasteiger charge is 2.14. The summed E-state index contributed by atoms with van der Waals surface area (Å²) >= 11 is 0. The molecule has 134 valence electrons. The maximum Gasteiger partial charge on any atom is 0.173 e. The number of nitrogens with zero attached hydrogens (tertiary/aromatic N) is 7. The van der Waals surface area contributed by atoms with Gasteiger partial charge in [-0.3, -0.25) is 0 Å². The fourth-order valence-corrected chi connectivity index (χ4v) is 3.69. The minimum atomic E-state index is 0.421. The number of para-hydroxylation sites is 2. The molecule has 0 saturated heterocycles. The van der Waals surface area contributed by atoms with E-state index in [9.17, 15) is 0 Å². The molecule has 0 unspecified atom stereocenters. The van der Waals surface area contributed by atoms with Crippen molar-refractivity contribution in [1.29, 1.82) is 0 Å². The van der Waals surface area contributed by atoms with Crippen LogP contribution in [0.5, 0.6) is 0 Å². The van der Waals surface area contributed by atoms with Crippen LogP contribution in [0, 0.1) is 0 Å². The fourth-order valence-electron chi connectivity index (χ4n) is 3.69. The molecule has 0 spiro atoms. The van der Waals surface area contributed by atoms with Crippen LogP contribution in [-0.4, -0.2) is 34.6 Å². The number of nitrogen functional groups attached to an aromatic ring is 1. The second kappa shape index (κ2) is 5.46. The van der Waals surface area contributed by atoms with Crippen LogP contribution in [0.15, 0.2) is 60.8 Å². The maximum atomic E-state index is 6.29. The number of anilines is 1. The molecule has 6 rings (SSSR count). The molecule has 28 heavy (non-hydrogen) atoms. The molecule has 8 nitrogen and oxygen atoms in total. The van der Waals surface area contributed by atoms with Crippen LogP contribution in [-0.2, 0) is 6.54 Å². The quantitative estimate of drug-likeness (QED) is 0.473. The smallest absolute Gasteiger partial charge is 0.173 e. The first kappa shape index (κ1) is 15.0. The monoisotopic (exact) mass is 366 g/mol. The Morgan fingerprint density at radius 1 is 0.857 bits per heavy atom. The third-order valence-electron chi connectivity index (χ3n) is 4.95. The van der Waals surface area contributed by atoms with Gasteiger partial charge < -0.3 is 5.73 Å². The summed E-state index contributed by atoms with van der Waals surface area (Å²) in [5, 5.41) is 15.9. The van der Waals surface area contributed by atoms with Crippen molar-refractivity contribution in [3.05, 3.63) is 66.6 Å². The van der Waals surface area contributed by atoms with Crippen molar-refractivity contribution < 1.29 is 0 Å². The van der Waals surface area contributed by atoms with Crippen molar-refractivity contribution in [2.24, 2.45) is 0 Å². The van der Waals surface area contributed by atoms with Gasteiger partial charge in [-0.25, -0.2) is 19.2 Å². The highest BCUT2D eigenvalue weighted by atomic mass is 15.4. The summed E-state index contributed by atoms with van der Waals surface area (Å²) in [4.78, 5) is 9.28. The molecule has 0 amide bonds. The Bertz CT molecular complexity index is 1510. The molecule has 6 aromatic rings. The van der Waals surface area contributed by atoms with E-state index < -0.39 is 0 Å². The number of aromatic nitrogens is 7. The molecule has 8 heteroatoms. The standard InChI is InChI=1S/C20H14N8/c21-19-18-13(12-5-1-2-6-14(12)22-19)9-10-27-20(18)23-17(25-27)11-28-16-8-4-3-7-15(16)24-26-28/h1-10H,11H2,(H2,21,22). The molecule has 0 bridgehead atoms. The van der Waals surface area contributed by atoms with E-state index >= 15 is 0 Å². The molecule has 2 N–H and O–H groups in total. The van der Waals surface area contributed by atoms with Gasteiger partial charge in [0.15, 0.2) is 11.5 Å². The summed E-state index contributed by atoms with van der Waals surface area (Å²) in [6, 6.07) is 17.8. The molecule has 4 aromatic heterocycles. The lowest BCUT2D eigenvalue weighted by atomic mass is 10.1. The van der Waals surface area contributed by atoms with Crippen molar-refractivity contribution in [3.8, 4) is 0 Å². The van der Waals surface area contributed by atoms with E-state index in [1.54, 1.807) is 9.20 Å². The summed E-state index contributed by atoms with van der Waals surface area (Å²) < 4.78 is 3.53. The zero-order valence-electron chi connectivity index (χ0n) is 14.7. The number of hydrogen-bond donors (Lipinski definition) is 1. The Kier molecular flexibility index (Phi) is 2.93. The Balaban J connectivity index is 1.56. The Morgan fingerprint density at radius 3 is 2.61 bits per heavy atom. The molecule has 0 atom stereocenters. The lowest BCUT2D eigenvalue weighted by Gasteiger charge is -2.06. The first-order valence-corrected chi connectivity index (χ1v) is 8.88. The molecular weight excluding hydrogens is 352 g/mol. The van der Waals surface area contributed by atoms with Crippen molar-refractivity contribution in [2.45, 2.75) is 6.54 Å². The van der Waals surface area contributed by atoms with Crippen molar-refractivity contribution >= 4 is 44.2 Å². The Hall–Kier alpha value is -4.07. The molecule has 0 saturated carbocycles. The summed E-state index contributed by atoms with van der Waals surface area (Å²) in [6.07, 6.45) is 1.90. The minimum absolute atomic E-state index is 0.421. The number of rotatable bonds is 2. The fraction of sp³-hybridized carbons (Fsp3) is 0.0500. The SMILES string of the molecule is Nc1nc2ccccc2c2ccn3nc(Cn4nnc5ccccc54)nc3c12. The van der Waals surface area contributed by atoms with Gasteiger partial charge in [-0.15, -0.1) is 10.2 Å². The summed E-state index contributed by atoms with van der Waals surface area (Å²) in [5.41, 5.74) is 9.63. The van der Waals surface area contributed by atoms with Gasteiger partial charge in [0.1, 0.15) is 17.9 Å². The van der Waals surface area contributed by atoms with Gasteiger partial charge in [-0.05, 0) is 24.3 Å². The lowest BCUT2D eigenvalue weighted by molar-refractivity contribution is 0.642. The second-order valence-corrected chi connectivity index (χ2v) is 6.65. The zero-order chi connectivity index (χ0) is 18.7. The highest BCUT2D eigenvalue weighted by Crippen LogP contribution is 2.30. The summed E-state index contributed by atoms with van der Waals surface area (Å²) in [7, 11) is 0. The van der Waals surface area contributed by atoms with E-state index in [1.165, 1.54) is 0 Å². The zero-order valence-corrected chi connectivity index (χ0v) is 14.7. The second-order valence-electron chi connectivity index (χ2n) is 6.65. The van der Waals surface area contributed by atoms with E-state index in [4.69, 9.17) is 10.7 Å². The molecule has 0 fully saturated rings. The minimum Gasteiger partial charge on any atom is -0.383 e. The highest BCUT2D eigenvalue weighted by molar-refractivity contribution is 6.14. The molecule has 4 heterocycles. The van der Waals surface area contributed by atoms with Gasteiger partial charge in [0.25, 0.3) is 0 Å². The lowest BCUT2D eigenvalue weighted by Crippen LogP contribution is -2.03. The molecule has 0 aliphatic rings. The van der Waals surface area contributed by atoms with E-state index in [0.717, 1.165) is 32.7 Å². The van der Waals surface area contributed by atoms with Crippen LogP contribution in [0.2, 0.25) is 0 Å². The number of hydrogen-bond acceptors (Lipinski definition) is 6. The number of fused-ring (bicyclic) bond motifs is 6. The summed E-state index contributed by atoms with van der Waals surface area (Å²) in [6.45, 7) is 0.421. The van der Waals surface area contributed by atoms with Gasteiger partial charge in [0.2, 0.25) is 0 Å². The van der Waals surface area contributed by atoms with Crippen LogP contribution >= 0.6 is 0 Å². The predicted octanol–water partition coefficient (Wildman–Crippen LogP) is 2.81. The van der Waals surface area contributed by atoms with Gasteiger partial charge in [-0.1, -0.05) is 35.5 Å². The van der Waals surface area contributed by atoms with E-state index in [0.29, 0.717) is 23.8 Å². The van der Waals surface area contributed by atoms with Crippen LogP contribution in [0.25, 0.3) is 38.4 Å². The van der Waals surface area contributed by atoms with Gasteiger partial charge in [0, 0.05) is 17.0 Å². The van der Waals surface area contributed by atoms with E-state index in [-0.39, 0.29) is 0 Å². The first-order chi connectivity index (χ1) is 13.8. The van der Waals surface area contributed by atoms with Crippen molar-refractivity contribution in [1.82, 2.24) is 34.6 Å². The largest absolute Gasteiger partial charge is 0.383 e. The normalized spacial score (nSPS) is 11.9. The topological polar surface area (TPSA) is 99.8 Å². The average molecular weight is 366 g/mol. The van der Waals surface area contributed by atoms with Crippen molar-refractivity contribution in [3.63, 3.8) is 0 Å². The van der Waals surface area contributed by atoms with Crippen LogP contribution < -0.4 is 5.73 Å². The third kappa shape index (κ3) is 2.08. The number of benzene rings is 2. The predicted molar refractivity (Wildman–Crippen MR) is 107 cm³/mol. The van der Waals surface area contributed by atoms with Crippen LogP contribution in [0.3, 0.4) is 0 Å². The number of pyridine rings is 2. The molecule has 0 aliphatic heterocycles. The van der Waals surface area contributed by atoms with Crippen LogP contribution in [0.4, 0.5) is 5.82 Å². The van der Waals surface area contributed by atoms with Gasteiger partial charge >= 0.3 is 0 Å². The molecular formula is C20H14N8. The summed E-state index contributed by atoms with van der Waals surface area (Å²) in [5.74, 6) is 1.08. The third-order valence-corrected chi connectivity index (χ3v) is 4.95.